The van der Waals surface area contributed by atoms with Gasteiger partial charge >= 0.3 is 5.97 Å². The van der Waals surface area contributed by atoms with Gasteiger partial charge < -0.3 is 15.0 Å². The van der Waals surface area contributed by atoms with Crippen LogP contribution < -0.4 is 10.9 Å². The third-order valence-electron chi connectivity index (χ3n) is 7.54. The second-order valence-electron chi connectivity index (χ2n) is 10.8. The Bertz CT molecular complexity index is 1590. The second kappa shape index (κ2) is 14.1. The van der Waals surface area contributed by atoms with E-state index >= 15 is 0 Å². The monoisotopic (exact) mass is 584 g/mol. The first-order valence-electron chi connectivity index (χ1n) is 14.3. The van der Waals surface area contributed by atoms with Crippen LogP contribution in [0, 0.1) is 13.8 Å². The zero-order valence-electron chi connectivity index (χ0n) is 24.3. The average molecular weight is 585 g/mol. The number of aliphatic carboxylic acids is 1. The molecule has 6 nitrogen and oxygen atoms in total. The summed E-state index contributed by atoms with van der Waals surface area (Å²) in [7, 11) is 0. The Morgan fingerprint density at radius 2 is 1.67 bits per heavy atom. The summed E-state index contributed by atoms with van der Waals surface area (Å²) < 4.78 is 1.51. The normalized spacial score (nSPS) is 12.5. The van der Waals surface area contributed by atoms with E-state index in [1.165, 1.54) is 4.57 Å². The molecule has 7 heteroatoms. The van der Waals surface area contributed by atoms with Gasteiger partial charge in [0.25, 0.3) is 5.56 Å². The number of hydrogen-bond donors (Lipinski definition) is 2. The first kappa shape index (κ1) is 30.8. The zero-order chi connectivity index (χ0) is 30.2. The maximum absolute atomic E-state index is 13.9. The summed E-state index contributed by atoms with van der Waals surface area (Å²) in [5.41, 5.74) is 5.62. The fourth-order valence-electron chi connectivity index (χ4n) is 5.31. The highest BCUT2D eigenvalue weighted by atomic mass is 35.5. The number of benzene rings is 3. The fraction of sp³-hybridized carbons (Fsp3) is 0.286. The van der Waals surface area contributed by atoms with Crippen LogP contribution in [-0.2, 0) is 16.0 Å². The fourth-order valence-corrected chi connectivity index (χ4v) is 5.60. The van der Waals surface area contributed by atoms with Gasteiger partial charge in [-0.1, -0.05) is 92.0 Å². The van der Waals surface area contributed by atoms with E-state index in [1.54, 1.807) is 6.20 Å². The molecule has 1 heterocycles. The predicted octanol–water partition coefficient (Wildman–Crippen LogP) is 7.44. The molecule has 2 atom stereocenters. The molecule has 42 heavy (non-hydrogen) atoms. The highest BCUT2D eigenvalue weighted by molar-refractivity contribution is 6.31. The minimum absolute atomic E-state index is 0.253. The Labute approximate surface area is 252 Å². The SMILES string of the molecule is CCCC[C@@H](C(=O)N[C@@H](CC(=O)O)c1cccc(-c2ccccc2)c1)n1cc(C)cc(Cc2c(C)cccc2Cl)c1=O. The highest BCUT2D eigenvalue weighted by Gasteiger charge is 2.27. The van der Waals surface area contributed by atoms with Gasteiger partial charge in [-0.3, -0.25) is 14.4 Å². The smallest absolute Gasteiger partial charge is 0.305 e. The molecule has 4 rings (SSSR count). The largest absolute Gasteiger partial charge is 0.481 e. The molecule has 0 bridgehead atoms. The number of halogens is 1. The Hall–Kier alpha value is -4.16. The number of nitrogens with one attached hydrogen (secondary N) is 1. The number of aromatic nitrogens is 1. The maximum Gasteiger partial charge on any atom is 0.305 e. The molecule has 0 aliphatic rings. The van der Waals surface area contributed by atoms with Gasteiger partial charge in [-0.05, 0) is 71.8 Å². The lowest BCUT2D eigenvalue weighted by molar-refractivity contribution is -0.138. The van der Waals surface area contributed by atoms with Crippen LogP contribution in [0.25, 0.3) is 11.1 Å². The van der Waals surface area contributed by atoms with E-state index in [2.05, 4.69) is 5.32 Å². The standard InChI is InChI=1S/C35H37ClN2O4/c1-4-5-17-32(38-22-23(2)18-28(35(38)42)20-29-24(3)11-9-16-30(29)36)34(41)37-31(21-33(39)40)27-15-10-14-26(19-27)25-12-7-6-8-13-25/h6-16,18-19,22,31-32H,4-5,17,20-21H2,1-3H3,(H,37,41)(H,39,40)/t31-,32-/m0/s1. The van der Waals surface area contributed by atoms with E-state index < -0.39 is 18.1 Å². The number of rotatable bonds is 12. The number of hydrogen-bond acceptors (Lipinski definition) is 3. The van der Waals surface area contributed by atoms with Crippen molar-refractivity contribution in [1.82, 2.24) is 9.88 Å². The van der Waals surface area contributed by atoms with E-state index in [0.29, 0.717) is 29.0 Å². The van der Waals surface area contributed by atoms with Gasteiger partial charge in [-0.2, -0.15) is 0 Å². The zero-order valence-corrected chi connectivity index (χ0v) is 25.0. The number of carboxylic acids is 1. The molecule has 0 radical (unpaired) electrons. The van der Waals surface area contributed by atoms with Crippen molar-refractivity contribution in [3.8, 4) is 11.1 Å². The molecule has 218 valence electrons. The molecule has 3 aromatic carbocycles. The van der Waals surface area contributed by atoms with Crippen molar-refractivity contribution in [1.29, 1.82) is 0 Å². The summed E-state index contributed by atoms with van der Waals surface area (Å²) in [5, 5.41) is 13.3. The number of carbonyl (C=O) groups excluding carboxylic acids is 1. The molecule has 0 aliphatic heterocycles. The van der Waals surface area contributed by atoms with Gasteiger partial charge in [0.1, 0.15) is 6.04 Å². The topological polar surface area (TPSA) is 88.4 Å². The lowest BCUT2D eigenvalue weighted by Gasteiger charge is -2.25. The minimum atomic E-state index is -1.03. The van der Waals surface area contributed by atoms with Crippen LogP contribution in [0.15, 0.2) is 89.9 Å². The number of nitrogens with zero attached hydrogens (tertiary/aromatic N) is 1. The van der Waals surface area contributed by atoms with E-state index in [4.69, 9.17) is 11.6 Å². The molecule has 0 spiro atoms. The van der Waals surface area contributed by atoms with Gasteiger partial charge in [0.2, 0.25) is 5.91 Å². The molecule has 0 saturated heterocycles. The maximum atomic E-state index is 13.9. The van der Waals surface area contributed by atoms with Gasteiger partial charge in [0.15, 0.2) is 0 Å². The van der Waals surface area contributed by atoms with Crippen LogP contribution in [0.3, 0.4) is 0 Å². The predicted molar refractivity (Wildman–Crippen MR) is 168 cm³/mol. The number of unbranched alkanes of at least 4 members (excludes halogenated alkanes) is 1. The lowest BCUT2D eigenvalue weighted by atomic mass is 9.97. The first-order valence-corrected chi connectivity index (χ1v) is 14.7. The van der Waals surface area contributed by atoms with Crippen LogP contribution >= 0.6 is 11.6 Å². The van der Waals surface area contributed by atoms with Crippen LogP contribution in [0.2, 0.25) is 5.02 Å². The lowest BCUT2D eigenvalue weighted by Crippen LogP contribution is -2.40. The van der Waals surface area contributed by atoms with Gasteiger partial charge in [-0.15, -0.1) is 0 Å². The van der Waals surface area contributed by atoms with Crippen LogP contribution in [0.5, 0.6) is 0 Å². The summed E-state index contributed by atoms with van der Waals surface area (Å²) in [4.78, 5) is 39.7. The summed E-state index contributed by atoms with van der Waals surface area (Å²) in [6.07, 6.45) is 3.79. The third-order valence-corrected chi connectivity index (χ3v) is 7.89. The van der Waals surface area contributed by atoms with E-state index in [-0.39, 0.29) is 17.9 Å². The highest BCUT2D eigenvalue weighted by Crippen LogP contribution is 2.27. The van der Waals surface area contributed by atoms with Crippen LogP contribution in [0.4, 0.5) is 0 Å². The molecule has 0 fully saturated rings. The van der Waals surface area contributed by atoms with Crippen molar-refractivity contribution in [2.75, 3.05) is 0 Å². The molecule has 0 saturated carbocycles. The molecular weight excluding hydrogens is 548 g/mol. The number of aryl methyl sites for hydroxylation is 2. The van der Waals surface area contributed by atoms with Crippen molar-refractivity contribution in [3.05, 3.63) is 128 Å². The summed E-state index contributed by atoms with van der Waals surface area (Å²) in [5.74, 6) is -1.41. The van der Waals surface area contributed by atoms with E-state index in [0.717, 1.165) is 40.7 Å². The van der Waals surface area contributed by atoms with Gasteiger partial charge in [0.05, 0.1) is 12.5 Å². The molecular formula is C35H37ClN2O4. The number of pyridine rings is 1. The van der Waals surface area contributed by atoms with Crippen molar-refractivity contribution in [3.63, 3.8) is 0 Å². The minimum Gasteiger partial charge on any atom is -0.481 e. The molecule has 0 aliphatic carbocycles. The molecule has 0 unspecified atom stereocenters. The summed E-state index contributed by atoms with van der Waals surface area (Å²) in [6, 6.07) is 23.3. The summed E-state index contributed by atoms with van der Waals surface area (Å²) >= 11 is 6.48. The molecule has 1 aromatic heterocycles. The van der Waals surface area contributed by atoms with Crippen LogP contribution in [-0.4, -0.2) is 21.6 Å². The van der Waals surface area contributed by atoms with Crippen molar-refractivity contribution < 1.29 is 14.7 Å². The average Bonchev–Trinajstić information content (AvgIpc) is 2.97. The van der Waals surface area contributed by atoms with Crippen molar-refractivity contribution in [2.45, 2.75) is 65.0 Å². The Balaban J connectivity index is 1.69. The van der Waals surface area contributed by atoms with Crippen molar-refractivity contribution >= 4 is 23.5 Å². The Morgan fingerprint density at radius 3 is 2.36 bits per heavy atom. The molecule has 1 amide bonds. The quantitative estimate of drug-likeness (QED) is 0.181. The number of amides is 1. The Kier molecular flexibility index (Phi) is 10.4. The Morgan fingerprint density at radius 1 is 0.952 bits per heavy atom. The number of carbonyl (C=O) groups is 2. The molecule has 4 aromatic rings. The van der Waals surface area contributed by atoms with Crippen LogP contribution in [0.1, 0.15) is 72.5 Å². The van der Waals surface area contributed by atoms with E-state index in [9.17, 15) is 19.5 Å². The van der Waals surface area contributed by atoms with E-state index in [1.807, 2.05) is 99.6 Å². The summed E-state index contributed by atoms with van der Waals surface area (Å²) in [6.45, 7) is 5.89. The van der Waals surface area contributed by atoms with Gasteiger partial charge in [0, 0.05) is 23.2 Å². The molecule has 2 N–H and O–H groups in total. The van der Waals surface area contributed by atoms with Gasteiger partial charge in [-0.25, -0.2) is 0 Å². The first-order chi connectivity index (χ1) is 20.2. The van der Waals surface area contributed by atoms with Crippen molar-refractivity contribution in [2.24, 2.45) is 0 Å². The second-order valence-corrected chi connectivity index (χ2v) is 11.2. The third kappa shape index (κ3) is 7.56. The number of carboxylic acid groups (broad SMARTS) is 1.